The van der Waals surface area contributed by atoms with Crippen LogP contribution in [0.3, 0.4) is 0 Å². The van der Waals surface area contributed by atoms with Gasteiger partial charge in [-0.1, -0.05) is 67.9 Å². The highest BCUT2D eigenvalue weighted by Crippen LogP contribution is 2.27. The number of rotatable bonds is 6. The highest BCUT2D eigenvalue weighted by atomic mass is 16.1. The fourth-order valence-electron chi connectivity index (χ4n) is 3.70. The van der Waals surface area contributed by atoms with Gasteiger partial charge in [0.15, 0.2) is 0 Å². The molecule has 0 saturated heterocycles. The van der Waals surface area contributed by atoms with Crippen molar-refractivity contribution in [3.05, 3.63) is 95.6 Å². The summed E-state index contributed by atoms with van der Waals surface area (Å²) in [6, 6.07) is 26.0. The second-order valence-corrected chi connectivity index (χ2v) is 7.64. The quantitative estimate of drug-likeness (QED) is 0.390. The minimum atomic E-state index is -0.121. The van der Waals surface area contributed by atoms with Crippen molar-refractivity contribution >= 4 is 22.5 Å². The van der Waals surface area contributed by atoms with Crippen LogP contribution in [0.5, 0.6) is 0 Å². The molecule has 3 aromatic carbocycles. The van der Waals surface area contributed by atoms with E-state index in [4.69, 9.17) is 4.98 Å². The lowest BCUT2D eigenvalue weighted by atomic mass is 10.0. The second kappa shape index (κ2) is 8.91. The Hall–Kier alpha value is -3.46. The zero-order chi connectivity index (χ0) is 20.9. The Balaban J connectivity index is 1.69. The van der Waals surface area contributed by atoms with Gasteiger partial charge in [0.25, 0.3) is 5.91 Å². The average Bonchev–Trinajstić information content (AvgIpc) is 2.78. The number of para-hydroxylation sites is 1. The first-order chi connectivity index (χ1) is 14.7. The van der Waals surface area contributed by atoms with E-state index in [0.717, 1.165) is 39.8 Å². The predicted molar refractivity (Wildman–Crippen MR) is 125 cm³/mol. The van der Waals surface area contributed by atoms with Crippen LogP contribution in [0.1, 0.15) is 41.3 Å². The molecule has 1 aromatic heterocycles. The predicted octanol–water partition coefficient (Wildman–Crippen LogP) is 6.81. The molecular weight excluding hydrogens is 368 g/mol. The van der Waals surface area contributed by atoms with Crippen LogP contribution in [-0.2, 0) is 6.42 Å². The van der Waals surface area contributed by atoms with Gasteiger partial charge in [0.05, 0.1) is 16.8 Å². The largest absolute Gasteiger partial charge is 0.322 e. The van der Waals surface area contributed by atoms with Crippen molar-refractivity contribution in [1.29, 1.82) is 0 Å². The highest BCUT2D eigenvalue weighted by Gasteiger charge is 2.15. The Kier molecular flexibility index (Phi) is 5.89. The van der Waals surface area contributed by atoms with E-state index >= 15 is 0 Å². The lowest BCUT2D eigenvalue weighted by Crippen LogP contribution is -2.13. The normalized spacial score (nSPS) is 10.9. The molecule has 0 aliphatic rings. The zero-order valence-corrected chi connectivity index (χ0v) is 17.5. The molecule has 0 atom stereocenters. The molecule has 30 heavy (non-hydrogen) atoms. The van der Waals surface area contributed by atoms with Crippen LogP contribution in [0, 0.1) is 6.92 Å². The van der Waals surface area contributed by atoms with Crippen molar-refractivity contribution in [2.24, 2.45) is 0 Å². The van der Waals surface area contributed by atoms with Crippen LogP contribution in [0.4, 0.5) is 5.69 Å². The van der Waals surface area contributed by atoms with Crippen molar-refractivity contribution in [3.8, 4) is 11.3 Å². The number of nitrogens with one attached hydrogen (secondary N) is 1. The molecule has 3 heteroatoms. The molecular formula is C27H26N2O. The molecule has 4 aromatic rings. The molecule has 0 bridgehead atoms. The number of nitrogens with zero attached hydrogens (tertiary/aromatic N) is 1. The SMILES string of the molecule is CCCCc1ccc(NC(=O)c2cc(-c3ccccc3C)nc3ccccc23)cc1. The lowest BCUT2D eigenvalue weighted by Gasteiger charge is -2.12. The number of aromatic nitrogens is 1. The van der Waals surface area contributed by atoms with Crippen LogP contribution >= 0.6 is 0 Å². The van der Waals surface area contributed by atoms with Crippen LogP contribution in [0.15, 0.2) is 78.9 Å². The van der Waals surface area contributed by atoms with E-state index in [1.807, 2.05) is 60.7 Å². The van der Waals surface area contributed by atoms with E-state index in [1.165, 1.54) is 18.4 Å². The van der Waals surface area contributed by atoms with Crippen molar-refractivity contribution in [1.82, 2.24) is 4.98 Å². The van der Waals surface area contributed by atoms with Gasteiger partial charge < -0.3 is 5.32 Å². The molecule has 0 aliphatic carbocycles. The van der Waals surface area contributed by atoms with E-state index in [1.54, 1.807) is 0 Å². The van der Waals surface area contributed by atoms with Gasteiger partial charge >= 0.3 is 0 Å². The van der Waals surface area contributed by atoms with Crippen LogP contribution in [0.25, 0.3) is 22.2 Å². The fourth-order valence-corrected chi connectivity index (χ4v) is 3.70. The molecule has 1 amide bonds. The zero-order valence-electron chi connectivity index (χ0n) is 17.5. The van der Waals surface area contributed by atoms with Crippen molar-refractivity contribution in [2.45, 2.75) is 33.1 Å². The summed E-state index contributed by atoms with van der Waals surface area (Å²) in [5.74, 6) is -0.121. The minimum Gasteiger partial charge on any atom is -0.322 e. The van der Waals surface area contributed by atoms with Crippen LogP contribution < -0.4 is 5.32 Å². The number of carbonyl (C=O) groups excluding carboxylic acids is 1. The van der Waals surface area contributed by atoms with E-state index < -0.39 is 0 Å². The molecule has 0 spiro atoms. The number of anilines is 1. The molecule has 3 nitrogen and oxygen atoms in total. The monoisotopic (exact) mass is 394 g/mol. The van der Waals surface area contributed by atoms with Gasteiger partial charge in [0.2, 0.25) is 0 Å². The summed E-state index contributed by atoms with van der Waals surface area (Å²) >= 11 is 0. The molecule has 1 N–H and O–H groups in total. The van der Waals surface area contributed by atoms with Gasteiger partial charge in [0, 0.05) is 16.6 Å². The van der Waals surface area contributed by atoms with Gasteiger partial charge in [-0.05, 0) is 55.2 Å². The first-order valence-corrected chi connectivity index (χ1v) is 10.5. The van der Waals surface area contributed by atoms with E-state index in [2.05, 4.69) is 37.4 Å². The van der Waals surface area contributed by atoms with Crippen LogP contribution in [0.2, 0.25) is 0 Å². The number of hydrogen-bond acceptors (Lipinski definition) is 2. The molecule has 0 aliphatic heterocycles. The fraction of sp³-hybridized carbons (Fsp3) is 0.185. The number of unbranched alkanes of at least 4 members (excludes halogenated alkanes) is 1. The molecule has 1 heterocycles. The molecule has 150 valence electrons. The highest BCUT2D eigenvalue weighted by molar-refractivity contribution is 6.13. The third kappa shape index (κ3) is 4.25. The summed E-state index contributed by atoms with van der Waals surface area (Å²) < 4.78 is 0. The summed E-state index contributed by atoms with van der Waals surface area (Å²) in [5.41, 5.74) is 6.54. The maximum absolute atomic E-state index is 13.2. The Morgan fingerprint density at radius 3 is 2.43 bits per heavy atom. The first kappa shape index (κ1) is 19.8. The number of amides is 1. The smallest absolute Gasteiger partial charge is 0.256 e. The van der Waals surface area contributed by atoms with Gasteiger partial charge in [-0.25, -0.2) is 4.98 Å². The number of pyridine rings is 1. The average molecular weight is 395 g/mol. The summed E-state index contributed by atoms with van der Waals surface area (Å²) in [4.78, 5) is 18.0. The number of carbonyl (C=O) groups is 1. The van der Waals surface area contributed by atoms with E-state index in [-0.39, 0.29) is 5.91 Å². The van der Waals surface area contributed by atoms with E-state index in [0.29, 0.717) is 5.56 Å². The maximum Gasteiger partial charge on any atom is 0.256 e. The van der Waals surface area contributed by atoms with Crippen molar-refractivity contribution in [2.75, 3.05) is 5.32 Å². The minimum absolute atomic E-state index is 0.121. The van der Waals surface area contributed by atoms with E-state index in [9.17, 15) is 4.79 Å². The van der Waals surface area contributed by atoms with Gasteiger partial charge in [0.1, 0.15) is 0 Å². The number of aryl methyl sites for hydroxylation is 2. The Labute approximate surface area is 177 Å². The second-order valence-electron chi connectivity index (χ2n) is 7.64. The standard InChI is InChI=1S/C27H26N2O/c1-3-4-10-20-14-16-21(17-15-20)28-27(30)24-18-26(22-11-6-5-9-19(22)2)29-25-13-8-7-12-23(24)25/h5-9,11-18H,3-4,10H2,1-2H3,(H,28,30). The summed E-state index contributed by atoms with van der Waals surface area (Å²) in [5, 5.41) is 3.91. The van der Waals surface area contributed by atoms with Crippen molar-refractivity contribution in [3.63, 3.8) is 0 Å². The van der Waals surface area contributed by atoms with Crippen LogP contribution in [-0.4, -0.2) is 10.9 Å². The molecule has 0 radical (unpaired) electrons. The summed E-state index contributed by atoms with van der Waals surface area (Å²) in [6.45, 7) is 4.25. The molecule has 0 saturated carbocycles. The maximum atomic E-state index is 13.2. The molecule has 4 rings (SSSR count). The Morgan fingerprint density at radius 2 is 1.67 bits per heavy atom. The number of hydrogen-bond donors (Lipinski definition) is 1. The number of benzene rings is 3. The lowest BCUT2D eigenvalue weighted by molar-refractivity contribution is 0.102. The molecule has 0 unspecified atom stereocenters. The van der Waals surface area contributed by atoms with Crippen molar-refractivity contribution < 1.29 is 4.79 Å². The van der Waals surface area contributed by atoms with Gasteiger partial charge in [-0.3, -0.25) is 4.79 Å². The third-order valence-electron chi connectivity index (χ3n) is 5.41. The number of fused-ring (bicyclic) bond motifs is 1. The summed E-state index contributed by atoms with van der Waals surface area (Å²) in [6.07, 6.45) is 3.42. The molecule has 0 fully saturated rings. The summed E-state index contributed by atoms with van der Waals surface area (Å²) in [7, 11) is 0. The Bertz CT molecular complexity index is 1180. The first-order valence-electron chi connectivity index (χ1n) is 10.5. The van der Waals surface area contributed by atoms with Gasteiger partial charge in [-0.2, -0.15) is 0 Å². The Morgan fingerprint density at radius 1 is 0.933 bits per heavy atom. The van der Waals surface area contributed by atoms with Gasteiger partial charge in [-0.15, -0.1) is 0 Å². The topological polar surface area (TPSA) is 42.0 Å². The third-order valence-corrected chi connectivity index (χ3v) is 5.41.